The lowest BCUT2D eigenvalue weighted by Gasteiger charge is -2.24. The Morgan fingerprint density at radius 2 is 1.86 bits per heavy atom. The summed E-state index contributed by atoms with van der Waals surface area (Å²) in [6.45, 7) is 0.509. The quantitative estimate of drug-likeness (QED) is 0.675. The average Bonchev–Trinajstić information content (AvgIpc) is 3.26. The number of hydrogen-bond acceptors (Lipinski definition) is 2. The normalized spacial score (nSPS) is 19.2. The topological polar surface area (TPSA) is 58.1 Å². The van der Waals surface area contributed by atoms with Crippen LogP contribution in [0.2, 0.25) is 0 Å². The maximum atomic E-state index is 12.6. The van der Waals surface area contributed by atoms with Gasteiger partial charge in [0.25, 0.3) is 0 Å². The van der Waals surface area contributed by atoms with Crippen molar-refractivity contribution in [2.24, 2.45) is 0 Å². The average molecular weight is 395 g/mol. The summed E-state index contributed by atoms with van der Waals surface area (Å²) >= 11 is 0. The Hall–Kier alpha value is -2.39. The van der Waals surface area contributed by atoms with Crippen LogP contribution in [0.25, 0.3) is 11.0 Å². The standard InChI is InChI=1S/C22H26N3O2P/c1-24(17-10-11-18(28)13-17)21(26)12-15-6-8-16(9-7-15)14-25-20-5-3-2-4-19(20)23-22(25)27/h2-9,17-18H,10-14,28H2,1H3,(H,23,27). The number of nitrogens with one attached hydrogen (secondary N) is 1. The Morgan fingerprint density at radius 3 is 2.57 bits per heavy atom. The van der Waals surface area contributed by atoms with Gasteiger partial charge in [-0.2, -0.15) is 0 Å². The molecule has 0 saturated heterocycles. The Kier molecular flexibility index (Phi) is 5.36. The van der Waals surface area contributed by atoms with Crippen molar-refractivity contribution in [3.63, 3.8) is 0 Å². The fraction of sp³-hybridized carbons (Fsp3) is 0.364. The number of nitrogens with zero attached hydrogens (tertiary/aromatic N) is 2. The summed E-state index contributed by atoms with van der Waals surface area (Å²) in [5.41, 5.74) is 4.32. The number of imidazole rings is 1. The number of hydrogen-bond donors (Lipinski definition) is 1. The van der Waals surface area contributed by atoms with E-state index in [0.717, 1.165) is 35.0 Å². The first-order valence-corrected chi connectivity index (χ1v) is 10.4. The van der Waals surface area contributed by atoms with Crippen molar-refractivity contribution in [1.29, 1.82) is 0 Å². The first kappa shape index (κ1) is 18.9. The number of carbonyl (C=O) groups is 1. The van der Waals surface area contributed by atoms with E-state index in [1.165, 1.54) is 6.42 Å². The third kappa shape index (κ3) is 3.90. The Balaban J connectivity index is 1.43. The van der Waals surface area contributed by atoms with E-state index in [0.29, 0.717) is 24.7 Å². The second kappa shape index (κ2) is 7.92. The van der Waals surface area contributed by atoms with Crippen LogP contribution < -0.4 is 5.69 Å². The number of aromatic amines is 1. The molecule has 1 aliphatic carbocycles. The van der Waals surface area contributed by atoms with Crippen LogP contribution in [-0.2, 0) is 17.8 Å². The highest BCUT2D eigenvalue weighted by Crippen LogP contribution is 2.29. The van der Waals surface area contributed by atoms with E-state index >= 15 is 0 Å². The fourth-order valence-corrected chi connectivity index (χ4v) is 4.56. The number of para-hydroxylation sites is 2. The number of H-pyrrole nitrogens is 1. The van der Waals surface area contributed by atoms with E-state index in [4.69, 9.17) is 0 Å². The number of fused-ring (bicyclic) bond motifs is 1. The highest BCUT2D eigenvalue weighted by molar-refractivity contribution is 7.17. The molecule has 0 spiro atoms. The summed E-state index contributed by atoms with van der Waals surface area (Å²) in [4.78, 5) is 29.6. The van der Waals surface area contributed by atoms with Gasteiger partial charge in [0.1, 0.15) is 0 Å². The summed E-state index contributed by atoms with van der Waals surface area (Å²) < 4.78 is 1.74. The lowest BCUT2D eigenvalue weighted by Crippen LogP contribution is -2.36. The smallest absolute Gasteiger partial charge is 0.326 e. The van der Waals surface area contributed by atoms with Crippen molar-refractivity contribution in [2.45, 2.75) is 43.9 Å². The molecule has 2 aromatic carbocycles. The lowest BCUT2D eigenvalue weighted by atomic mass is 10.1. The molecule has 146 valence electrons. The van der Waals surface area contributed by atoms with Crippen LogP contribution in [0.1, 0.15) is 30.4 Å². The Bertz CT molecular complexity index is 1040. The van der Waals surface area contributed by atoms with Crippen molar-refractivity contribution in [3.8, 4) is 0 Å². The van der Waals surface area contributed by atoms with Gasteiger partial charge in [-0.1, -0.05) is 36.4 Å². The summed E-state index contributed by atoms with van der Waals surface area (Å²) in [6.07, 6.45) is 3.76. The molecule has 0 aliphatic heterocycles. The Labute approximate surface area is 167 Å². The molecule has 1 saturated carbocycles. The molecule has 5 nitrogen and oxygen atoms in total. The molecule has 6 heteroatoms. The van der Waals surface area contributed by atoms with Gasteiger partial charge in [-0.3, -0.25) is 9.36 Å². The minimum Gasteiger partial charge on any atom is -0.342 e. The van der Waals surface area contributed by atoms with E-state index in [1.54, 1.807) is 4.57 Å². The van der Waals surface area contributed by atoms with E-state index in [9.17, 15) is 9.59 Å². The molecule has 1 amide bonds. The fourth-order valence-electron chi connectivity index (χ4n) is 4.06. The predicted molar refractivity (Wildman–Crippen MR) is 116 cm³/mol. The molecule has 4 rings (SSSR count). The van der Waals surface area contributed by atoms with Gasteiger partial charge in [-0.25, -0.2) is 4.79 Å². The van der Waals surface area contributed by atoms with E-state index in [2.05, 4.69) is 14.2 Å². The largest absolute Gasteiger partial charge is 0.342 e. The third-order valence-corrected chi connectivity index (χ3v) is 6.39. The number of likely N-dealkylation sites (N-methyl/N-ethyl adjacent to an activating group) is 1. The monoisotopic (exact) mass is 395 g/mol. The van der Waals surface area contributed by atoms with Gasteiger partial charge in [0.2, 0.25) is 5.91 Å². The summed E-state index contributed by atoms with van der Waals surface area (Å²) in [6, 6.07) is 16.1. The van der Waals surface area contributed by atoms with Crippen LogP contribution in [0, 0.1) is 0 Å². The third-order valence-electron chi connectivity index (χ3n) is 5.79. The van der Waals surface area contributed by atoms with Crippen LogP contribution in [-0.4, -0.2) is 39.1 Å². The van der Waals surface area contributed by atoms with Crippen LogP contribution in [0.3, 0.4) is 0 Å². The molecule has 3 atom stereocenters. The zero-order chi connectivity index (χ0) is 19.7. The molecular formula is C22H26N3O2P. The molecular weight excluding hydrogens is 369 g/mol. The number of rotatable bonds is 5. The molecule has 1 heterocycles. The van der Waals surface area contributed by atoms with Gasteiger partial charge in [0, 0.05) is 13.1 Å². The molecule has 0 radical (unpaired) electrons. The second-order valence-electron chi connectivity index (χ2n) is 7.76. The van der Waals surface area contributed by atoms with Crippen LogP contribution in [0.15, 0.2) is 53.3 Å². The number of carbonyl (C=O) groups excluding carboxylic acids is 1. The van der Waals surface area contributed by atoms with Crippen LogP contribution in [0.5, 0.6) is 0 Å². The van der Waals surface area contributed by atoms with Gasteiger partial charge >= 0.3 is 5.69 Å². The molecule has 3 unspecified atom stereocenters. The van der Waals surface area contributed by atoms with Crippen molar-refractivity contribution >= 4 is 26.2 Å². The summed E-state index contributed by atoms with van der Waals surface area (Å²) in [7, 11) is 4.80. The molecule has 3 aromatic rings. The molecule has 1 N–H and O–H groups in total. The minimum atomic E-state index is -0.106. The van der Waals surface area contributed by atoms with Gasteiger partial charge in [-0.15, -0.1) is 9.24 Å². The van der Waals surface area contributed by atoms with Crippen LogP contribution >= 0.6 is 9.24 Å². The highest BCUT2D eigenvalue weighted by Gasteiger charge is 2.27. The first-order valence-electron chi connectivity index (χ1n) is 9.78. The Morgan fingerprint density at radius 1 is 1.14 bits per heavy atom. The maximum Gasteiger partial charge on any atom is 0.326 e. The molecule has 1 aromatic heterocycles. The second-order valence-corrected chi connectivity index (χ2v) is 8.70. The number of amides is 1. The lowest BCUT2D eigenvalue weighted by molar-refractivity contribution is -0.131. The van der Waals surface area contributed by atoms with Gasteiger partial charge in [0.05, 0.1) is 24.0 Å². The van der Waals surface area contributed by atoms with Crippen molar-refractivity contribution in [2.75, 3.05) is 7.05 Å². The van der Waals surface area contributed by atoms with E-state index < -0.39 is 0 Å². The SMILES string of the molecule is CN(C(=O)Cc1ccc(Cn2c(=O)[nH]c3ccccc32)cc1)C1CCC(P)C1. The first-order chi connectivity index (χ1) is 13.5. The van der Waals surface area contributed by atoms with E-state index in [1.807, 2.05) is 60.5 Å². The molecule has 0 bridgehead atoms. The summed E-state index contributed by atoms with van der Waals surface area (Å²) in [5, 5.41) is 0. The minimum absolute atomic E-state index is 0.106. The predicted octanol–water partition coefficient (Wildman–Crippen LogP) is 3.18. The number of benzene rings is 2. The van der Waals surface area contributed by atoms with Gasteiger partial charge in [-0.05, 0) is 48.2 Å². The zero-order valence-corrected chi connectivity index (χ0v) is 17.3. The van der Waals surface area contributed by atoms with E-state index in [-0.39, 0.29) is 11.6 Å². The van der Waals surface area contributed by atoms with Gasteiger partial charge < -0.3 is 9.88 Å². The van der Waals surface area contributed by atoms with Crippen LogP contribution in [0.4, 0.5) is 0 Å². The maximum absolute atomic E-state index is 12.6. The zero-order valence-electron chi connectivity index (χ0n) is 16.1. The number of aromatic nitrogens is 2. The summed E-state index contributed by atoms with van der Waals surface area (Å²) in [5.74, 6) is 0.171. The molecule has 1 aliphatic rings. The van der Waals surface area contributed by atoms with Crippen molar-refractivity contribution in [1.82, 2.24) is 14.5 Å². The molecule has 28 heavy (non-hydrogen) atoms. The molecule has 1 fully saturated rings. The highest BCUT2D eigenvalue weighted by atomic mass is 31.0. The van der Waals surface area contributed by atoms with Gasteiger partial charge in [0.15, 0.2) is 0 Å². The van der Waals surface area contributed by atoms with Crippen molar-refractivity contribution < 1.29 is 4.79 Å². The van der Waals surface area contributed by atoms with Crippen molar-refractivity contribution in [3.05, 3.63) is 70.1 Å².